The number of hydrogen-bond acceptors (Lipinski definition) is 14. The summed E-state index contributed by atoms with van der Waals surface area (Å²) in [5, 5.41) is 0. The molecule has 0 radical (unpaired) electrons. The number of aryl methyl sites for hydroxylation is 4. The molecule has 0 N–H and O–H groups in total. The van der Waals surface area contributed by atoms with Gasteiger partial charge in [0.15, 0.2) is 11.3 Å². The van der Waals surface area contributed by atoms with Crippen molar-refractivity contribution in [3.05, 3.63) is 118 Å². The first-order valence-electron chi connectivity index (χ1n) is 22.5. The summed E-state index contributed by atoms with van der Waals surface area (Å²) in [5.74, 6) is -0.0763. The van der Waals surface area contributed by atoms with E-state index in [4.69, 9.17) is 14.5 Å². The molecular weight excluding hydrogens is 1020 g/mol. The summed E-state index contributed by atoms with van der Waals surface area (Å²) >= 11 is 3.49. The van der Waals surface area contributed by atoms with Crippen LogP contribution in [0.4, 0.5) is 0 Å². The molecule has 2 saturated heterocycles. The molecule has 0 bridgehead atoms. The average molecular weight is 1070 g/mol. The SMILES string of the molecule is CC(=O)O[C@@H]1C[C@H](c2nc(Br)c3cnc4c(c(C)cn4S(=O)(=O)c4ccc(C)cc4)n23)N(C(C)=O)C1.CC(=O)O[C@@H]1C[C@H](c2ncc3cnc4c(c(C)cn4S(=O)(=O)c4ccc(C)cc4)n23)N(C(C)=O)C1. The standard InChI is InChI=1S/C24H24BrN5O5S.C24H25N5O5S/c1-13-5-7-18(8-6-13)36(33,34)29-11-14(2)21-24(29)26-10-20-22(25)27-23(30(20)21)19-9-17(35-16(4)32)12-28(19)15(3)31;1-14-5-7-20(8-6-14)35(32,33)28-12-15(2)22-24(28)26-11-18-10-25-23(29(18)22)21-9-19(34-17(4)31)13-27(21)16(3)30/h5-8,10-11,17,19H,9,12H2,1-4H3;5-8,10-12,19,21H,9,13H2,1-4H3/t17-,19-;19-,21-/m11/s1. The molecule has 0 unspecified atom stereocenters. The molecule has 10 rings (SSSR count). The van der Waals surface area contributed by atoms with Crippen molar-refractivity contribution in [1.29, 1.82) is 0 Å². The molecule has 8 heterocycles. The summed E-state index contributed by atoms with van der Waals surface area (Å²) in [6.45, 7) is 13.5. The van der Waals surface area contributed by atoms with E-state index in [0.717, 1.165) is 11.1 Å². The number of fused-ring (bicyclic) bond motifs is 6. The fraction of sp³-hybridized carbons (Fsp3) is 0.333. The van der Waals surface area contributed by atoms with Gasteiger partial charge in [-0.2, -0.15) is 0 Å². The van der Waals surface area contributed by atoms with Crippen LogP contribution in [0.2, 0.25) is 0 Å². The highest BCUT2D eigenvalue weighted by atomic mass is 79.9. The van der Waals surface area contributed by atoms with Crippen molar-refractivity contribution in [2.45, 2.75) is 102 Å². The number of amides is 2. The Morgan fingerprint density at radius 2 is 1.01 bits per heavy atom. The predicted octanol–water partition coefficient (Wildman–Crippen LogP) is 6.29. The summed E-state index contributed by atoms with van der Waals surface area (Å²) in [6, 6.07) is 12.4. The van der Waals surface area contributed by atoms with Crippen LogP contribution < -0.4 is 0 Å². The van der Waals surface area contributed by atoms with Crippen molar-refractivity contribution in [3.63, 3.8) is 0 Å². The molecule has 370 valence electrons. The van der Waals surface area contributed by atoms with Gasteiger partial charge >= 0.3 is 11.9 Å². The molecule has 2 aliphatic rings. The Balaban J connectivity index is 0.000000176. The molecule has 8 aromatic rings. The van der Waals surface area contributed by atoms with Crippen molar-refractivity contribution >= 4 is 93.1 Å². The Morgan fingerprint density at radius 3 is 1.46 bits per heavy atom. The zero-order chi connectivity index (χ0) is 51.0. The van der Waals surface area contributed by atoms with Crippen LogP contribution in [0.1, 0.15) is 86.5 Å². The topological polar surface area (TPSA) is 232 Å². The van der Waals surface area contributed by atoms with Gasteiger partial charge in [-0.1, -0.05) is 35.4 Å². The lowest BCUT2D eigenvalue weighted by Crippen LogP contribution is -2.31. The molecule has 2 fully saturated rings. The number of ether oxygens (including phenoxy) is 2. The van der Waals surface area contributed by atoms with E-state index in [2.05, 4.69) is 30.9 Å². The van der Waals surface area contributed by atoms with Crippen molar-refractivity contribution in [3.8, 4) is 0 Å². The number of likely N-dealkylation sites (tertiary alicyclic amines) is 2. The third-order valence-corrected chi connectivity index (χ3v) is 16.7. The molecule has 2 aliphatic heterocycles. The van der Waals surface area contributed by atoms with Crippen molar-refractivity contribution < 1.29 is 45.5 Å². The van der Waals surface area contributed by atoms with E-state index in [1.54, 1.807) is 96.2 Å². The molecule has 0 aliphatic carbocycles. The summed E-state index contributed by atoms with van der Waals surface area (Å²) < 4.78 is 71.3. The van der Waals surface area contributed by atoms with Gasteiger partial charge in [0.2, 0.25) is 11.8 Å². The summed E-state index contributed by atoms with van der Waals surface area (Å²) in [4.78, 5) is 69.8. The summed E-state index contributed by atoms with van der Waals surface area (Å²) in [5.41, 5.74) is 6.24. The zero-order valence-corrected chi connectivity index (χ0v) is 43.1. The lowest BCUT2D eigenvalue weighted by molar-refractivity contribution is -0.147. The van der Waals surface area contributed by atoms with Crippen LogP contribution >= 0.6 is 15.9 Å². The van der Waals surface area contributed by atoms with Crippen LogP contribution in [0.25, 0.3) is 33.4 Å². The van der Waals surface area contributed by atoms with Crippen LogP contribution in [0.3, 0.4) is 0 Å². The van der Waals surface area contributed by atoms with Gasteiger partial charge in [0.1, 0.15) is 28.5 Å². The maximum absolute atomic E-state index is 13.5. The van der Waals surface area contributed by atoms with Gasteiger partial charge in [-0.05, 0) is 79.0 Å². The highest BCUT2D eigenvalue weighted by Crippen LogP contribution is 2.39. The van der Waals surface area contributed by atoms with Gasteiger partial charge in [-0.15, -0.1) is 0 Å². The van der Waals surface area contributed by atoms with Crippen LogP contribution in [-0.2, 0) is 48.7 Å². The van der Waals surface area contributed by atoms with Gasteiger partial charge in [-0.3, -0.25) is 28.0 Å². The molecule has 6 aromatic heterocycles. The second kappa shape index (κ2) is 18.3. The monoisotopic (exact) mass is 1070 g/mol. The number of hydrogen-bond donors (Lipinski definition) is 0. The predicted molar refractivity (Wildman–Crippen MR) is 262 cm³/mol. The molecule has 71 heavy (non-hydrogen) atoms. The fourth-order valence-electron chi connectivity index (χ4n) is 9.57. The van der Waals surface area contributed by atoms with Crippen molar-refractivity contribution in [1.82, 2.24) is 46.5 Å². The minimum absolute atomic E-state index is 0.154. The normalized spacial score (nSPS) is 18.4. The number of nitrogens with zero attached hydrogens (tertiary/aromatic N) is 10. The number of esters is 2. The minimum Gasteiger partial charge on any atom is -0.461 e. The first-order chi connectivity index (χ1) is 33.6. The lowest BCUT2D eigenvalue weighted by atomic mass is 10.2. The molecule has 23 heteroatoms. The average Bonchev–Trinajstić information content (AvgIpc) is 4.17. The van der Waals surface area contributed by atoms with Crippen LogP contribution in [-0.4, -0.2) is 112 Å². The number of benzene rings is 2. The first-order valence-corrected chi connectivity index (χ1v) is 26.2. The number of imidazole rings is 2. The number of halogens is 1. The Hall–Kier alpha value is -6.98. The number of aromatic nitrogens is 8. The Morgan fingerprint density at radius 1 is 0.592 bits per heavy atom. The third kappa shape index (κ3) is 8.72. The van der Waals surface area contributed by atoms with E-state index >= 15 is 0 Å². The fourth-order valence-corrected chi connectivity index (χ4v) is 12.8. The number of carbonyl (C=O) groups excluding carboxylic acids is 4. The third-order valence-electron chi connectivity index (χ3n) is 12.7. The Labute approximate surface area is 416 Å². The van der Waals surface area contributed by atoms with E-state index < -0.39 is 56.3 Å². The molecule has 0 spiro atoms. The molecule has 0 saturated carbocycles. The minimum atomic E-state index is -3.91. The summed E-state index contributed by atoms with van der Waals surface area (Å²) in [7, 11) is -7.81. The lowest BCUT2D eigenvalue weighted by Gasteiger charge is -2.22. The van der Waals surface area contributed by atoms with Gasteiger partial charge in [0, 0.05) is 52.9 Å². The summed E-state index contributed by atoms with van der Waals surface area (Å²) in [6.07, 6.45) is 7.71. The highest BCUT2D eigenvalue weighted by Gasteiger charge is 2.41. The second-order valence-electron chi connectivity index (χ2n) is 17.9. The smallest absolute Gasteiger partial charge is 0.302 e. The van der Waals surface area contributed by atoms with Gasteiger partial charge in [-0.25, -0.2) is 44.7 Å². The van der Waals surface area contributed by atoms with Crippen LogP contribution in [0, 0.1) is 27.7 Å². The highest BCUT2D eigenvalue weighted by molar-refractivity contribution is 9.10. The quantitative estimate of drug-likeness (QED) is 0.152. The molecule has 20 nitrogen and oxygen atoms in total. The van der Waals surface area contributed by atoms with E-state index in [9.17, 15) is 36.0 Å². The number of rotatable bonds is 8. The molecule has 2 amide bonds. The molecule has 4 atom stereocenters. The van der Waals surface area contributed by atoms with E-state index in [0.29, 0.717) is 62.3 Å². The largest absolute Gasteiger partial charge is 0.461 e. The van der Waals surface area contributed by atoms with E-state index in [1.165, 1.54) is 35.6 Å². The van der Waals surface area contributed by atoms with Crippen molar-refractivity contribution in [2.75, 3.05) is 13.1 Å². The molecule has 2 aromatic carbocycles. The maximum Gasteiger partial charge on any atom is 0.302 e. The van der Waals surface area contributed by atoms with Crippen LogP contribution in [0.15, 0.2) is 93.9 Å². The Bertz CT molecular complexity index is 3710. The second-order valence-corrected chi connectivity index (χ2v) is 22.3. The van der Waals surface area contributed by atoms with Gasteiger partial charge < -0.3 is 19.3 Å². The van der Waals surface area contributed by atoms with E-state index in [1.807, 2.05) is 29.6 Å². The first kappa shape index (κ1) is 49.0. The van der Waals surface area contributed by atoms with E-state index in [-0.39, 0.29) is 46.0 Å². The Kier molecular flexibility index (Phi) is 12.7. The molecular formula is C48H49BrN10O10S2. The van der Waals surface area contributed by atoms with Crippen LogP contribution in [0.5, 0.6) is 0 Å². The van der Waals surface area contributed by atoms with Crippen molar-refractivity contribution in [2.24, 2.45) is 0 Å². The maximum atomic E-state index is 13.5. The van der Waals surface area contributed by atoms with Gasteiger partial charge in [0.25, 0.3) is 20.0 Å². The zero-order valence-electron chi connectivity index (χ0n) is 39.9. The number of carbonyl (C=O) groups is 4. The van der Waals surface area contributed by atoms with Gasteiger partial charge in [0.05, 0.1) is 75.6 Å².